The van der Waals surface area contributed by atoms with E-state index in [4.69, 9.17) is 9.47 Å². The summed E-state index contributed by atoms with van der Waals surface area (Å²) < 4.78 is 40.1. The number of sulfonamides is 1. The predicted molar refractivity (Wildman–Crippen MR) is 133 cm³/mol. The van der Waals surface area contributed by atoms with Crippen molar-refractivity contribution in [2.45, 2.75) is 41.4 Å². The van der Waals surface area contributed by atoms with Crippen molar-refractivity contribution in [3.05, 3.63) is 48.0 Å². The van der Waals surface area contributed by atoms with Gasteiger partial charge in [0.2, 0.25) is 5.13 Å². The highest BCUT2D eigenvalue weighted by atomic mass is 32.2. The molecular formula is C22H24N4O5S3. The number of anilines is 2. The largest absolute Gasteiger partial charge is 0.497 e. The highest BCUT2D eigenvalue weighted by Gasteiger charge is 2.38. The van der Waals surface area contributed by atoms with E-state index in [1.165, 1.54) is 34.9 Å². The lowest BCUT2D eigenvalue weighted by atomic mass is 10.1. The van der Waals surface area contributed by atoms with Gasteiger partial charge in [-0.1, -0.05) is 43.0 Å². The minimum atomic E-state index is -3.97. The second kappa shape index (κ2) is 9.80. The lowest BCUT2D eigenvalue weighted by Crippen LogP contribution is -2.48. The van der Waals surface area contributed by atoms with E-state index in [2.05, 4.69) is 15.5 Å². The fourth-order valence-corrected chi connectivity index (χ4v) is 6.75. The molecule has 2 aromatic carbocycles. The van der Waals surface area contributed by atoms with E-state index in [1.807, 2.05) is 20.8 Å². The van der Waals surface area contributed by atoms with Gasteiger partial charge in [-0.05, 0) is 48.9 Å². The average Bonchev–Trinajstić information content (AvgIpc) is 3.23. The maximum atomic E-state index is 13.5. The molecule has 12 heteroatoms. The topological polar surface area (TPSA) is 111 Å². The number of thioether (sulfide) groups is 1. The number of carbonyl (C=O) groups is 1. The van der Waals surface area contributed by atoms with Crippen LogP contribution in [0.4, 0.5) is 10.8 Å². The van der Waals surface area contributed by atoms with Crippen LogP contribution in [0, 0.1) is 6.92 Å². The molecule has 1 aliphatic rings. The first kappa shape index (κ1) is 24.3. The van der Waals surface area contributed by atoms with Crippen LogP contribution in [0.15, 0.2) is 51.7 Å². The first-order chi connectivity index (χ1) is 16.2. The Morgan fingerprint density at radius 1 is 1.24 bits per heavy atom. The smallest absolute Gasteiger partial charge is 0.269 e. The molecule has 0 aliphatic carbocycles. The molecule has 0 saturated carbocycles. The summed E-state index contributed by atoms with van der Waals surface area (Å²) in [7, 11) is -2.46. The number of aryl methyl sites for hydroxylation is 1. The number of ether oxygens (including phenoxy) is 2. The van der Waals surface area contributed by atoms with Gasteiger partial charge >= 0.3 is 0 Å². The molecule has 0 radical (unpaired) electrons. The van der Waals surface area contributed by atoms with Crippen LogP contribution >= 0.6 is 23.1 Å². The maximum Gasteiger partial charge on any atom is 0.269 e. The maximum absolute atomic E-state index is 13.5. The zero-order valence-corrected chi connectivity index (χ0v) is 21.5. The number of aromatic nitrogens is 2. The zero-order valence-electron chi connectivity index (χ0n) is 19.0. The van der Waals surface area contributed by atoms with Gasteiger partial charge in [0.25, 0.3) is 15.9 Å². The van der Waals surface area contributed by atoms with E-state index in [-0.39, 0.29) is 11.4 Å². The number of nitrogens with zero attached hydrogens (tertiary/aromatic N) is 3. The quantitative estimate of drug-likeness (QED) is 0.368. The third-order valence-corrected chi connectivity index (χ3v) is 8.62. The number of benzene rings is 2. The highest BCUT2D eigenvalue weighted by Crippen LogP contribution is 2.38. The Bertz CT molecular complexity index is 1290. The minimum absolute atomic E-state index is 0.0837. The van der Waals surface area contributed by atoms with Gasteiger partial charge in [-0.15, -0.1) is 10.2 Å². The molecule has 0 fully saturated rings. The van der Waals surface area contributed by atoms with Gasteiger partial charge in [-0.25, -0.2) is 8.42 Å². The lowest BCUT2D eigenvalue weighted by Gasteiger charge is -2.34. The van der Waals surface area contributed by atoms with Crippen LogP contribution in [0.2, 0.25) is 0 Å². The van der Waals surface area contributed by atoms with Crippen LogP contribution in [-0.2, 0) is 14.8 Å². The molecule has 34 heavy (non-hydrogen) atoms. The number of hydrogen-bond acceptors (Lipinski definition) is 9. The number of nitrogens with one attached hydrogen (secondary N) is 1. The molecule has 180 valence electrons. The van der Waals surface area contributed by atoms with Crippen molar-refractivity contribution in [2.75, 3.05) is 23.3 Å². The van der Waals surface area contributed by atoms with E-state index in [1.54, 1.807) is 42.1 Å². The zero-order chi connectivity index (χ0) is 24.5. The second-order valence-electron chi connectivity index (χ2n) is 7.82. The van der Waals surface area contributed by atoms with Crippen LogP contribution in [-0.4, -0.2) is 49.5 Å². The molecule has 4 rings (SSSR count). The third-order valence-electron chi connectivity index (χ3n) is 4.90. The molecular weight excluding hydrogens is 496 g/mol. The Kier molecular flexibility index (Phi) is 7.01. The number of methoxy groups -OCH3 is 1. The monoisotopic (exact) mass is 520 g/mol. The summed E-state index contributed by atoms with van der Waals surface area (Å²) in [5, 5.41) is 11.4. The molecule has 2 heterocycles. The summed E-state index contributed by atoms with van der Waals surface area (Å²) in [6.45, 7) is 5.75. The molecule has 0 spiro atoms. The van der Waals surface area contributed by atoms with Gasteiger partial charge in [0.05, 0.1) is 24.2 Å². The minimum Gasteiger partial charge on any atom is -0.497 e. The molecule has 3 aromatic rings. The Hall–Kier alpha value is -2.83. The Morgan fingerprint density at radius 3 is 2.65 bits per heavy atom. The van der Waals surface area contributed by atoms with E-state index in [0.717, 1.165) is 9.90 Å². The van der Waals surface area contributed by atoms with Crippen molar-refractivity contribution >= 4 is 49.8 Å². The molecule has 1 aromatic heterocycles. The van der Waals surface area contributed by atoms with Crippen LogP contribution in [0.5, 0.6) is 11.5 Å². The van der Waals surface area contributed by atoms with Gasteiger partial charge in [0.15, 0.2) is 10.4 Å². The van der Waals surface area contributed by atoms with Gasteiger partial charge in [-0.2, -0.15) is 0 Å². The van der Waals surface area contributed by atoms with Gasteiger partial charge < -0.3 is 9.47 Å². The summed E-state index contributed by atoms with van der Waals surface area (Å²) in [4.78, 5) is 13.1. The fraction of sp³-hybridized carbons (Fsp3) is 0.318. The number of rotatable bonds is 7. The van der Waals surface area contributed by atoms with Gasteiger partial charge in [0.1, 0.15) is 11.5 Å². The summed E-state index contributed by atoms with van der Waals surface area (Å²) in [5.41, 5.74) is 1.25. The number of hydrogen-bond donors (Lipinski definition) is 1. The van der Waals surface area contributed by atoms with Crippen LogP contribution in [0.3, 0.4) is 0 Å². The summed E-state index contributed by atoms with van der Waals surface area (Å²) >= 11 is 2.80. The van der Waals surface area contributed by atoms with E-state index in [9.17, 15) is 13.2 Å². The summed E-state index contributed by atoms with van der Waals surface area (Å²) in [5.74, 6) is 0.359. The van der Waals surface area contributed by atoms with Crippen molar-refractivity contribution in [1.82, 2.24) is 10.2 Å². The van der Waals surface area contributed by atoms with Crippen LogP contribution < -0.4 is 19.1 Å². The van der Waals surface area contributed by atoms with Crippen molar-refractivity contribution < 1.29 is 22.7 Å². The number of amides is 1. The first-order valence-electron chi connectivity index (χ1n) is 10.4. The fourth-order valence-electron chi connectivity index (χ4n) is 3.30. The predicted octanol–water partition coefficient (Wildman–Crippen LogP) is 3.95. The van der Waals surface area contributed by atoms with Crippen LogP contribution in [0.25, 0.3) is 0 Å². The van der Waals surface area contributed by atoms with Crippen molar-refractivity contribution in [2.24, 2.45) is 0 Å². The summed E-state index contributed by atoms with van der Waals surface area (Å²) in [6, 6.07) is 11.3. The molecule has 0 saturated heterocycles. The lowest BCUT2D eigenvalue weighted by molar-refractivity contribution is -0.122. The SMILES string of the molecule is COc1ccc(S(=O)(=O)N2C[C@H](C(=O)Nc3nnc(SC(C)C)s3)Oc3cc(C)ccc32)cc1. The molecule has 1 N–H and O–H groups in total. The second-order valence-corrected chi connectivity index (χ2v) is 12.5. The van der Waals surface area contributed by atoms with E-state index in [0.29, 0.717) is 27.6 Å². The highest BCUT2D eigenvalue weighted by molar-refractivity contribution is 8.01. The molecule has 9 nitrogen and oxygen atoms in total. The molecule has 0 unspecified atom stereocenters. The first-order valence-corrected chi connectivity index (χ1v) is 13.6. The number of carbonyl (C=O) groups excluding carboxylic acids is 1. The Labute approximate surface area is 206 Å². The number of fused-ring (bicyclic) bond motifs is 1. The molecule has 1 atom stereocenters. The summed E-state index contributed by atoms with van der Waals surface area (Å²) in [6.07, 6.45) is -1.08. The van der Waals surface area contributed by atoms with E-state index < -0.39 is 22.0 Å². The molecule has 1 aliphatic heterocycles. The van der Waals surface area contributed by atoms with Gasteiger partial charge in [0, 0.05) is 5.25 Å². The van der Waals surface area contributed by atoms with Gasteiger partial charge in [-0.3, -0.25) is 14.4 Å². The Morgan fingerprint density at radius 2 is 1.97 bits per heavy atom. The molecule has 0 bridgehead atoms. The average molecular weight is 521 g/mol. The van der Waals surface area contributed by atoms with Crippen molar-refractivity contribution in [3.8, 4) is 11.5 Å². The Balaban J connectivity index is 1.62. The third kappa shape index (κ3) is 5.13. The normalized spacial score (nSPS) is 15.6. The standard InChI is InChI=1S/C22H24N4O5S3/c1-13(2)32-22-25-24-21(33-22)23-20(27)19-12-26(17-10-5-14(3)11-18(17)31-19)34(28,29)16-8-6-15(30-4)7-9-16/h5-11,13,19H,12H2,1-4H3,(H,23,24,27)/t19-/m1/s1. The van der Waals surface area contributed by atoms with E-state index >= 15 is 0 Å². The molecule has 1 amide bonds. The van der Waals surface area contributed by atoms with Crippen molar-refractivity contribution in [1.29, 1.82) is 0 Å². The van der Waals surface area contributed by atoms with Crippen molar-refractivity contribution in [3.63, 3.8) is 0 Å². The van der Waals surface area contributed by atoms with Crippen LogP contribution in [0.1, 0.15) is 19.4 Å².